The average molecular weight is 306 g/mol. The largest absolute Gasteiger partial charge is 0.450 e. The minimum atomic E-state index is -0.617. The summed E-state index contributed by atoms with van der Waals surface area (Å²) in [6, 6.07) is 9.20. The van der Waals surface area contributed by atoms with E-state index in [2.05, 4.69) is 5.32 Å². The number of hydrogen-bond donors (Lipinski definition) is 1. The van der Waals surface area contributed by atoms with Crippen LogP contribution in [0.3, 0.4) is 0 Å². The standard InChI is InChI=1S/C16H22N2O4/c1-3-21-16(20)17-12(2)15(19)18-9-10-22-14(11-18)13-7-5-4-6-8-13/h4-8,12,14H,3,9-11H2,1-2H3,(H,17,20)/t12-,14?/m1/s1. The van der Waals surface area contributed by atoms with Gasteiger partial charge in [-0.1, -0.05) is 30.3 Å². The molecule has 0 saturated carbocycles. The molecule has 1 aromatic rings. The molecule has 2 atom stereocenters. The molecule has 2 rings (SSSR count). The number of amides is 2. The van der Waals surface area contributed by atoms with Crippen molar-refractivity contribution in [1.82, 2.24) is 10.2 Å². The summed E-state index contributed by atoms with van der Waals surface area (Å²) < 4.78 is 10.5. The molecule has 1 N–H and O–H groups in total. The number of nitrogens with one attached hydrogen (secondary N) is 1. The summed E-state index contributed by atoms with van der Waals surface area (Å²) >= 11 is 0. The van der Waals surface area contributed by atoms with Crippen molar-refractivity contribution < 1.29 is 19.1 Å². The Kier molecular flexibility index (Phi) is 5.77. The molecule has 1 aliphatic rings. The monoisotopic (exact) mass is 306 g/mol. The SMILES string of the molecule is CCOC(=O)N[C@H](C)C(=O)N1CCOC(c2ccccc2)C1. The molecule has 0 radical (unpaired) electrons. The Bertz CT molecular complexity index is 506. The van der Waals surface area contributed by atoms with Crippen LogP contribution in [-0.4, -0.2) is 49.2 Å². The van der Waals surface area contributed by atoms with Crippen LogP contribution < -0.4 is 5.32 Å². The Labute approximate surface area is 130 Å². The lowest BCUT2D eigenvalue weighted by Crippen LogP contribution is -2.51. The van der Waals surface area contributed by atoms with Crippen LogP contribution in [0.2, 0.25) is 0 Å². The van der Waals surface area contributed by atoms with E-state index in [9.17, 15) is 9.59 Å². The molecule has 1 fully saturated rings. The first kappa shape index (κ1) is 16.3. The van der Waals surface area contributed by atoms with Crippen LogP contribution in [0.1, 0.15) is 25.5 Å². The third-order valence-electron chi connectivity index (χ3n) is 3.53. The van der Waals surface area contributed by atoms with E-state index in [4.69, 9.17) is 9.47 Å². The summed E-state index contributed by atoms with van der Waals surface area (Å²) in [7, 11) is 0. The van der Waals surface area contributed by atoms with Crippen molar-refractivity contribution in [2.75, 3.05) is 26.3 Å². The van der Waals surface area contributed by atoms with Gasteiger partial charge in [0.15, 0.2) is 0 Å². The maximum atomic E-state index is 12.4. The summed E-state index contributed by atoms with van der Waals surface area (Å²) in [4.78, 5) is 25.5. The summed E-state index contributed by atoms with van der Waals surface area (Å²) in [5, 5.41) is 2.54. The van der Waals surface area contributed by atoms with Gasteiger partial charge in [-0.15, -0.1) is 0 Å². The van der Waals surface area contributed by atoms with Crippen molar-refractivity contribution in [1.29, 1.82) is 0 Å². The normalized spacial score (nSPS) is 19.4. The van der Waals surface area contributed by atoms with Crippen LogP contribution in [-0.2, 0) is 14.3 Å². The molecule has 2 amide bonds. The highest BCUT2D eigenvalue weighted by Crippen LogP contribution is 2.22. The number of carbonyl (C=O) groups is 2. The molecule has 1 unspecified atom stereocenters. The van der Waals surface area contributed by atoms with Gasteiger partial charge >= 0.3 is 6.09 Å². The third-order valence-corrected chi connectivity index (χ3v) is 3.53. The lowest BCUT2D eigenvalue weighted by Gasteiger charge is -2.34. The Balaban J connectivity index is 1.94. The fourth-order valence-electron chi connectivity index (χ4n) is 2.40. The lowest BCUT2D eigenvalue weighted by molar-refractivity contribution is -0.140. The average Bonchev–Trinajstić information content (AvgIpc) is 2.55. The molecule has 0 spiro atoms. The number of alkyl carbamates (subject to hydrolysis) is 1. The summed E-state index contributed by atoms with van der Waals surface area (Å²) in [5.74, 6) is -0.128. The van der Waals surface area contributed by atoms with Crippen LogP contribution in [0, 0.1) is 0 Å². The van der Waals surface area contributed by atoms with Crippen molar-refractivity contribution in [2.45, 2.75) is 26.0 Å². The Morgan fingerprint density at radius 2 is 2.14 bits per heavy atom. The topological polar surface area (TPSA) is 67.9 Å². The molecule has 1 saturated heterocycles. The van der Waals surface area contributed by atoms with Crippen LogP contribution in [0.4, 0.5) is 4.79 Å². The Morgan fingerprint density at radius 3 is 2.82 bits per heavy atom. The van der Waals surface area contributed by atoms with Gasteiger partial charge in [-0.05, 0) is 19.4 Å². The van der Waals surface area contributed by atoms with E-state index >= 15 is 0 Å². The zero-order valence-corrected chi connectivity index (χ0v) is 13.0. The molecule has 0 bridgehead atoms. The van der Waals surface area contributed by atoms with Gasteiger partial charge in [0.1, 0.15) is 12.1 Å². The molecule has 1 heterocycles. The number of ether oxygens (including phenoxy) is 2. The predicted molar refractivity (Wildman–Crippen MR) is 81.3 cm³/mol. The maximum Gasteiger partial charge on any atom is 0.407 e. The van der Waals surface area contributed by atoms with Gasteiger partial charge in [0.2, 0.25) is 5.91 Å². The Morgan fingerprint density at radius 1 is 1.41 bits per heavy atom. The van der Waals surface area contributed by atoms with Gasteiger partial charge in [0.05, 0.1) is 19.8 Å². The van der Waals surface area contributed by atoms with E-state index in [1.807, 2.05) is 30.3 Å². The van der Waals surface area contributed by atoms with Crippen LogP contribution in [0.25, 0.3) is 0 Å². The second-order valence-electron chi connectivity index (χ2n) is 5.14. The molecule has 120 valence electrons. The number of morpholine rings is 1. The smallest absolute Gasteiger partial charge is 0.407 e. The first-order valence-corrected chi connectivity index (χ1v) is 7.50. The second kappa shape index (κ2) is 7.79. The van der Waals surface area contributed by atoms with Gasteiger partial charge in [-0.2, -0.15) is 0 Å². The van der Waals surface area contributed by atoms with Crippen molar-refractivity contribution >= 4 is 12.0 Å². The number of benzene rings is 1. The van der Waals surface area contributed by atoms with E-state index in [1.54, 1.807) is 18.7 Å². The fourth-order valence-corrected chi connectivity index (χ4v) is 2.40. The highest BCUT2D eigenvalue weighted by Gasteiger charge is 2.28. The molecular formula is C16H22N2O4. The predicted octanol–water partition coefficient (Wildman–Crippen LogP) is 1.72. The van der Waals surface area contributed by atoms with E-state index in [-0.39, 0.29) is 18.6 Å². The van der Waals surface area contributed by atoms with E-state index < -0.39 is 12.1 Å². The first-order valence-electron chi connectivity index (χ1n) is 7.50. The molecule has 0 aromatic heterocycles. The quantitative estimate of drug-likeness (QED) is 0.920. The third kappa shape index (κ3) is 4.21. The highest BCUT2D eigenvalue weighted by atomic mass is 16.5. The lowest BCUT2D eigenvalue weighted by atomic mass is 10.1. The number of nitrogens with zero attached hydrogens (tertiary/aromatic N) is 1. The molecule has 0 aliphatic carbocycles. The summed E-state index contributed by atoms with van der Waals surface area (Å²) in [5.41, 5.74) is 1.05. The van der Waals surface area contributed by atoms with Crippen molar-refractivity contribution in [3.05, 3.63) is 35.9 Å². The number of rotatable bonds is 4. The van der Waals surface area contributed by atoms with Gasteiger partial charge in [-0.3, -0.25) is 4.79 Å². The summed E-state index contributed by atoms with van der Waals surface area (Å²) in [6.45, 7) is 5.15. The molecule has 6 nitrogen and oxygen atoms in total. The second-order valence-corrected chi connectivity index (χ2v) is 5.14. The number of hydrogen-bond acceptors (Lipinski definition) is 4. The zero-order valence-electron chi connectivity index (χ0n) is 13.0. The van der Waals surface area contributed by atoms with Crippen LogP contribution in [0.15, 0.2) is 30.3 Å². The van der Waals surface area contributed by atoms with Gasteiger partial charge in [-0.25, -0.2) is 4.79 Å². The molecule has 6 heteroatoms. The first-order chi connectivity index (χ1) is 10.6. The zero-order chi connectivity index (χ0) is 15.9. The van der Waals surface area contributed by atoms with E-state index in [0.717, 1.165) is 5.56 Å². The van der Waals surface area contributed by atoms with Crippen LogP contribution in [0.5, 0.6) is 0 Å². The van der Waals surface area contributed by atoms with Crippen molar-refractivity contribution in [2.24, 2.45) is 0 Å². The minimum absolute atomic E-state index is 0.128. The fraction of sp³-hybridized carbons (Fsp3) is 0.500. The highest BCUT2D eigenvalue weighted by molar-refractivity contribution is 5.85. The van der Waals surface area contributed by atoms with E-state index in [1.165, 1.54) is 0 Å². The van der Waals surface area contributed by atoms with Crippen molar-refractivity contribution in [3.8, 4) is 0 Å². The maximum absolute atomic E-state index is 12.4. The van der Waals surface area contributed by atoms with Gasteiger partial charge in [0, 0.05) is 6.54 Å². The minimum Gasteiger partial charge on any atom is -0.450 e. The molecule has 1 aliphatic heterocycles. The molecular weight excluding hydrogens is 284 g/mol. The summed E-state index contributed by atoms with van der Waals surface area (Å²) in [6.07, 6.45) is -0.704. The Hall–Kier alpha value is -2.08. The van der Waals surface area contributed by atoms with Gasteiger partial charge < -0.3 is 19.7 Å². The molecule has 1 aromatic carbocycles. The molecule has 22 heavy (non-hydrogen) atoms. The van der Waals surface area contributed by atoms with E-state index in [0.29, 0.717) is 19.7 Å². The van der Waals surface area contributed by atoms with Crippen molar-refractivity contribution in [3.63, 3.8) is 0 Å². The number of carbonyl (C=O) groups excluding carboxylic acids is 2. The van der Waals surface area contributed by atoms with Crippen LogP contribution >= 0.6 is 0 Å². The van der Waals surface area contributed by atoms with Gasteiger partial charge in [0.25, 0.3) is 0 Å².